The maximum absolute atomic E-state index is 13.4. The fourth-order valence-electron chi connectivity index (χ4n) is 4.67. The lowest BCUT2D eigenvalue weighted by Crippen LogP contribution is -2.42. The first-order valence-electron chi connectivity index (χ1n) is 11.2. The van der Waals surface area contributed by atoms with Gasteiger partial charge in [0.15, 0.2) is 0 Å². The van der Waals surface area contributed by atoms with Gasteiger partial charge in [0.05, 0.1) is 25.0 Å². The Kier molecular flexibility index (Phi) is 6.18. The summed E-state index contributed by atoms with van der Waals surface area (Å²) in [6.45, 7) is 1.72. The van der Waals surface area contributed by atoms with E-state index in [0.717, 1.165) is 53.9 Å². The molecule has 0 aliphatic carbocycles. The van der Waals surface area contributed by atoms with Gasteiger partial charge >= 0.3 is 0 Å². The average molecular weight is 487 g/mol. The molecule has 0 N–H and O–H groups in total. The van der Waals surface area contributed by atoms with Crippen LogP contribution in [0, 0.1) is 0 Å². The summed E-state index contributed by atoms with van der Waals surface area (Å²) in [6, 6.07) is 15.3. The highest BCUT2D eigenvalue weighted by atomic mass is 35.5. The number of hydrogen-bond acceptors (Lipinski definition) is 4. The fraction of sp³-hybridized carbons (Fsp3) is 0.375. The van der Waals surface area contributed by atoms with E-state index >= 15 is 0 Å². The number of ether oxygens (including phenoxy) is 1. The molecule has 0 unspecified atom stereocenters. The molecule has 174 valence electrons. The number of aromatic nitrogens is 2. The summed E-state index contributed by atoms with van der Waals surface area (Å²) in [4.78, 5) is 0. The minimum absolute atomic E-state index is 0.261. The predicted molar refractivity (Wildman–Crippen MR) is 129 cm³/mol. The van der Waals surface area contributed by atoms with Crippen molar-refractivity contribution in [3.63, 3.8) is 0 Å². The first-order valence-corrected chi connectivity index (χ1v) is 13.0. The Morgan fingerprint density at radius 2 is 1.61 bits per heavy atom. The number of para-hydroxylation sites is 2. The topological polar surface area (TPSA) is 67.7 Å². The average Bonchev–Trinajstić information content (AvgIpc) is 3.26. The van der Waals surface area contributed by atoms with E-state index in [9.17, 15) is 8.42 Å². The van der Waals surface area contributed by atoms with Crippen LogP contribution in [-0.2, 0) is 23.3 Å². The van der Waals surface area contributed by atoms with Crippen LogP contribution in [0.1, 0.15) is 36.9 Å². The zero-order chi connectivity index (χ0) is 23.0. The second-order valence-electron chi connectivity index (χ2n) is 8.45. The molecule has 1 saturated heterocycles. The quantitative estimate of drug-likeness (QED) is 0.527. The Hall–Kier alpha value is -2.39. The molecule has 0 spiro atoms. The Labute approximate surface area is 199 Å². The Morgan fingerprint density at radius 1 is 0.909 bits per heavy atom. The van der Waals surface area contributed by atoms with Gasteiger partial charge in [0, 0.05) is 35.8 Å². The zero-order valence-electron chi connectivity index (χ0n) is 18.6. The molecule has 0 bridgehead atoms. The molecule has 0 saturated carbocycles. The molecule has 7 nitrogen and oxygen atoms in total. The number of halogens is 1. The third kappa shape index (κ3) is 4.17. The van der Waals surface area contributed by atoms with Crippen molar-refractivity contribution in [3.05, 3.63) is 64.8 Å². The molecule has 0 atom stereocenters. The molecule has 3 aromatic rings. The third-order valence-corrected chi connectivity index (χ3v) is 8.56. The Balaban J connectivity index is 1.57. The van der Waals surface area contributed by atoms with Gasteiger partial charge in [-0.15, -0.1) is 0 Å². The zero-order valence-corrected chi connectivity index (χ0v) is 20.1. The van der Waals surface area contributed by atoms with Crippen molar-refractivity contribution < 1.29 is 13.2 Å². The van der Waals surface area contributed by atoms with E-state index in [1.807, 2.05) is 53.2 Å². The number of rotatable bonds is 5. The van der Waals surface area contributed by atoms with Crippen molar-refractivity contribution in [2.45, 2.75) is 38.8 Å². The number of fused-ring (bicyclic) bond motifs is 1. The van der Waals surface area contributed by atoms with Crippen LogP contribution < -0.4 is 4.74 Å². The van der Waals surface area contributed by atoms with Gasteiger partial charge in [-0.3, -0.25) is 0 Å². The monoisotopic (exact) mass is 486 g/mol. The van der Waals surface area contributed by atoms with E-state index in [1.165, 1.54) is 0 Å². The SMILES string of the molecule is COc1ccccc1-n1nc2c(c1-c1ccc(Cl)cc1)CN(S(=O)(=O)N1CCCCCC1)C2. The molecular formula is C24H27ClN4O3S. The van der Waals surface area contributed by atoms with Crippen LogP contribution in [0.4, 0.5) is 0 Å². The van der Waals surface area contributed by atoms with Gasteiger partial charge in [-0.05, 0) is 37.1 Å². The van der Waals surface area contributed by atoms with Gasteiger partial charge in [0.1, 0.15) is 11.4 Å². The summed E-state index contributed by atoms with van der Waals surface area (Å²) < 4.78 is 37.5. The van der Waals surface area contributed by atoms with Crippen molar-refractivity contribution in [1.82, 2.24) is 18.4 Å². The predicted octanol–water partition coefficient (Wildman–Crippen LogP) is 4.64. The highest BCUT2D eigenvalue weighted by Gasteiger charge is 2.38. The lowest BCUT2D eigenvalue weighted by molar-refractivity contribution is 0.344. The summed E-state index contributed by atoms with van der Waals surface area (Å²) in [5, 5.41) is 5.52. The second kappa shape index (κ2) is 9.10. The van der Waals surface area contributed by atoms with Crippen molar-refractivity contribution in [3.8, 4) is 22.7 Å². The number of methoxy groups -OCH3 is 1. The molecule has 1 aromatic heterocycles. The molecule has 2 aliphatic rings. The fourth-order valence-corrected chi connectivity index (χ4v) is 6.42. The van der Waals surface area contributed by atoms with Crippen LogP contribution in [-0.4, -0.2) is 47.0 Å². The summed E-state index contributed by atoms with van der Waals surface area (Å²) in [7, 11) is -1.91. The molecule has 1 fully saturated rings. The van der Waals surface area contributed by atoms with E-state index in [0.29, 0.717) is 30.4 Å². The molecule has 5 rings (SSSR count). The van der Waals surface area contributed by atoms with Crippen molar-refractivity contribution >= 4 is 21.8 Å². The van der Waals surface area contributed by atoms with Crippen LogP contribution in [0.15, 0.2) is 48.5 Å². The van der Waals surface area contributed by atoms with Gasteiger partial charge in [-0.25, -0.2) is 4.68 Å². The summed E-state index contributed by atoms with van der Waals surface area (Å²) in [5.41, 5.74) is 4.28. The molecule has 2 aliphatic heterocycles. The third-order valence-electron chi connectivity index (χ3n) is 6.38. The van der Waals surface area contributed by atoms with Gasteiger partial charge in [-0.1, -0.05) is 48.7 Å². The number of benzene rings is 2. The van der Waals surface area contributed by atoms with E-state index < -0.39 is 10.2 Å². The lowest BCUT2D eigenvalue weighted by atomic mass is 10.1. The van der Waals surface area contributed by atoms with Gasteiger partial charge < -0.3 is 4.74 Å². The minimum atomic E-state index is -3.55. The Morgan fingerprint density at radius 3 is 2.30 bits per heavy atom. The summed E-state index contributed by atoms with van der Waals surface area (Å²) in [5.74, 6) is 0.697. The molecule has 3 heterocycles. The van der Waals surface area contributed by atoms with Crippen molar-refractivity contribution in [2.75, 3.05) is 20.2 Å². The van der Waals surface area contributed by atoms with Crippen LogP contribution in [0.3, 0.4) is 0 Å². The van der Waals surface area contributed by atoms with Gasteiger partial charge in [0.25, 0.3) is 10.2 Å². The maximum Gasteiger partial charge on any atom is 0.282 e. The minimum Gasteiger partial charge on any atom is -0.494 e. The molecule has 2 aromatic carbocycles. The lowest BCUT2D eigenvalue weighted by Gasteiger charge is -2.26. The normalized spacial score (nSPS) is 17.6. The van der Waals surface area contributed by atoms with Crippen LogP contribution in [0.5, 0.6) is 5.75 Å². The highest BCUT2D eigenvalue weighted by Crippen LogP contribution is 2.38. The second-order valence-corrected chi connectivity index (χ2v) is 10.8. The molecule has 33 heavy (non-hydrogen) atoms. The van der Waals surface area contributed by atoms with Crippen molar-refractivity contribution in [2.24, 2.45) is 0 Å². The van der Waals surface area contributed by atoms with Crippen LogP contribution >= 0.6 is 11.6 Å². The summed E-state index contributed by atoms with van der Waals surface area (Å²) in [6.07, 6.45) is 3.99. The highest BCUT2D eigenvalue weighted by molar-refractivity contribution is 7.86. The van der Waals surface area contributed by atoms with E-state index in [1.54, 1.807) is 15.7 Å². The first kappa shape index (κ1) is 22.4. The standard InChI is InChI=1S/C24H27ClN4O3S/c1-32-23-9-5-4-8-22(23)29-24(18-10-12-19(25)13-11-18)20-16-28(17-21(20)26-29)33(30,31)27-14-6-2-3-7-15-27/h4-5,8-13H,2-3,6-7,14-17H2,1H3. The molecular weight excluding hydrogens is 460 g/mol. The molecule has 0 radical (unpaired) electrons. The maximum atomic E-state index is 13.4. The smallest absolute Gasteiger partial charge is 0.282 e. The number of nitrogens with zero attached hydrogens (tertiary/aromatic N) is 4. The summed E-state index contributed by atoms with van der Waals surface area (Å²) >= 11 is 6.14. The van der Waals surface area contributed by atoms with E-state index in [-0.39, 0.29) is 6.54 Å². The van der Waals surface area contributed by atoms with Crippen molar-refractivity contribution in [1.29, 1.82) is 0 Å². The van der Waals surface area contributed by atoms with Crippen LogP contribution in [0.25, 0.3) is 16.9 Å². The Bertz CT molecular complexity index is 1250. The van der Waals surface area contributed by atoms with E-state index in [2.05, 4.69) is 0 Å². The molecule has 0 amide bonds. The molecule has 9 heteroatoms. The van der Waals surface area contributed by atoms with Crippen LogP contribution in [0.2, 0.25) is 5.02 Å². The van der Waals surface area contributed by atoms with E-state index in [4.69, 9.17) is 21.4 Å². The first-order chi connectivity index (χ1) is 16.0. The largest absolute Gasteiger partial charge is 0.494 e. The number of hydrogen-bond donors (Lipinski definition) is 0. The van der Waals surface area contributed by atoms with Gasteiger partial charge in [0.2, 0.25) is 0 Å². The van der Waals surface area contributed by atoms with Gasteiger partial charge in [-0.2, -0.15) is 22.1 Å².